The maximum Gasteiger partial charge on any atom is 0.263 e. The second kappa shape index (κ2) is 7.21. The van der Waals surface area contributed by atoms with Crippen molar-refractivity contribution in [2.75, 3.05) is 24.9 Å². The Hall–Kier alpha value is -2.76. The zero-order valence-corrected chi connectivity index (χ0v) is 14.6. The summed E-state index contributed by atoms with van der Waals surface area (Å²) in [4.78, 5) is 16.9. The summed E-state index contributed by atoms with van der Waals surface area (Å²) >= 11 is 0. The molecule has 1 aromatic heterocycles. The fraction of sp³-hybridized carbons (Fsp3) is 0.333. The van der Waals surface area contributed by atoms with Crippen LogP contribution in [0.15, 0.2) is 36.5 Å². The number of anilines is 2. The van der Waals surface area contributed by atoms with Gasteiger partial charge in [0.2, 0.25) is 0 Å². The summed E-state index contributed by atoms with van der Waals surface area (Å²) in [5.41, 5.74) is 0.856. The number of ether oxygens (including phenoxy) is 2. The summed E-state index contributed by atoms with van der Waals surface area (Å²) in [5.74, 6) is 1.33. The van der Waals surface area contributed by atoms with Gasteiger partial charge in [-0.3, -0.25) is 4.79 Å². The van der Waals surface area contributed by atoms with Gasteiger partial charge in [0, 0.05) is 5.54 Å². The molecule has 1 amide bonds. The van der Waals surface area contributed by atoms with Crippen LogP contribution in [0.1, 0.15) is 31.1 Å². The summed E-state index contributed by atoms with van der Waals surface area (Å²) in [7, 11) is 3.03. The number of nitrogens with one attached hydrogen (secondary N) is 2. The Morgan fingerprint density at radius 1 is 1.04 bits per heavy atom. The zero-order valence-electron chi connectivity index (χ0n) is 14.6. The Labute approximate surface area is 142 Å². The number of nitrogens with zero attached hydrogens (tertiary/aromatic N) is 1. The second-order valence-corrected chi connectivity index (χ2v) is 6.30. The van der Waals surface area contributed by atoms with E-state index in [0.717, 1.165) is 5.82 Å². The number of carbonyl (C=O) groups excluding carboxylic acids is 1. The largest absolute Gasteiger partial charge is 0.496 e. The molecule has 0 aliphatic heterocycles. The van der Waals surface area contributed by atoms with Crippen LogP contribution in [-0.2, 0) is 0 Å². The van der Waals surface area contributed by atoms with Crippen LogP contribution in [0.4, 0.5) is 11.5 Å². The monoisotopic (exact) mass is 329 g/mol. The lowest BCUT2D eigenvalue weighted by atomic mass is 10.1. The van der Waals surface area contributed by atoms with Gasteiger partial charge in [0.05, 0.1) is 26.1 Å². The normalized spacial score (nSPS) is 10.9. The number of benzene rings is 1. The number of rotatable bonds is 5. The number of hydrogen-bond acceptors (Lipinski definition) is 5. The smallest absolute Gasteiger partial charge is 0.263 e. The standard InChI is InChI=1S/C18H23N3O3/c1-18(2,3)21-15-10-9-12(11-19-15)20-17(22)16-13(23-4)7-6-8-14(16)24-5/h6-11H,1-5H3,(H,19,21)(H,20,22). The van der Waals surface area contributed by atoms with Gasteiger partial charge in [-0.15, -0.1) is 0 Å². The third kappa shape index (κ3) is 4.38. The minimum absolute atomic E-state index is 0.0808. The first-order valence-electron chi connectivity index (χ1n) is 7.60. The molecule has 2 aromatic rings. The van der Waals surface area contributed by atoms with E-state index >= 15 is 0 Å². The van der Waals surface area contributed by atoms with Crippen molar-refractivity contribution < 1.29 is 14.3 Å². The highest BCUT2D eigenvalue weighted by molar-refractivity contribution is 6.08. The van der Waals surface area contributed by atoms with Crippen molar-refractivity contribution in [2.24, 2.45) is 0 Å². The predicted octanol–water partition coefficient (Wildman–Crippen LogP) is 3.56. The molecule has 128 valence electrons. The van der Waals surface area contributed by atoms with Crippen LogP contribution in [0, 0.1) is 0 Å². The number of hydrogen-bond donors (Lipinski definition) is 2. The summed E-state index contributed by atoms with van der Waals surface area (Å²) in [5, 5.41) is 6.07. The van der Waals surface area contributed by atoms with Gasteiger partial charge in [-0.2, -0.15) is 0 Å². The van der Waals surface area contributed by atoms with Crippen molar-refractivity contribution >= 4 is 17.4 Å². The summed E-state index contributed by atoms with van der Waals surface area (Å²) < 4.78 is 10.5. The lowest BCUT2D eigenvalue weighted by Crippen LogP contribution is -2.26. The van der Waals surface area contributed by atoms with E-state index < -0.39 is 0 Å². The fourth-order valence-electron chi connectivity index (χ4n) is 2.19. The molecule has 0 radical (unpaired) electrons. The Kier molecular flexibility index (Phi) is 5.28. The minimum atomic E-state index is -0.317. The van der Waals surface area contributed by atoms with E-state index in [4.69, 9.17) is 9.47 Å². The molecule has 0 aliphatic carbocycles. The van der Waals surface area contributed by atoms with Crippen LogP contribution >= 0.6 is 0 Å². The fourth-order valence-corrected chi connectivity index (χ4v) is 2.19. The average molecular weight is 329 g/mol. The molecule has 1 aromatic carbocycles. The maximum atomic E-state index is 12.6. The highest BCUT2D eigenvalue weighted by Gasteiger charge is 2.18. The highest BCUT2D eigenvalue weighted by atomic mass is 16.5. The van der Waals surface area contributed by atoms with Gasteiger partial charge in [0.15, 0.2) is 0 Å². The topological polar surface area (TPSA) is 72.5 Å². The molecule has 2 rings (SSSR count). The SMILES string of the molecule is COc1cccc(OC)c1C(=O)Nc1ccc(NC(C)(C)C)nc1. The number of amides is 1. The first-order valence-corrected chi connectivity index (χ1v) is 7.60. The second-order valence-electron chi connectivity index (χ2n) is 6.30. The van der Waals surface area contributed by atoms with Crippen molar-refractivity contribution in [3.05, 3.63) is 42.1 Å². The van der Waals surface area contributed by atoms with Crippen LogP contribution in [0.3, 0.4) is 0 Å². The predicted molar refractivity (Wildman–Crippen MR) is 95.1 cm³/mol. The van der Waals surface area contributed by atoms with Crippen LogP contribution in [0.2, 0.25) is 0 Å². The van der Waals surface area contributed by atoms with Crippen LogP contribution < -0.4 is 20.1 Å². The first kappa shape index (κ1) is 17.6. The van der Waals surface area contributed by atoms with Gasteiger partial charge in [-0.1, -0.05) is 6.07 Å². The van der Waals surface area contributed by atoms with E-state index in [9.17, 15) is 4.79 Å². The number of aromatic nitrogens is 1. The van der Waals surface area contributed by atoms with E-state index in [1.165, 1.54) is 14.2 Å². The van der Waals surface area contributed by atoms with Crippen LogP contribution in [-0.4, -0.2) is 30.6 Å². The van der Waals surface area contributed by atoms with Gasteiger partial charge >= 0.3 is 0 Å². The number of pyridine rings is 1. The van der Waals surface area contributed by atoms with Gasteiger partial charge in [-0.25, -0.2) is 4.98 Å². The Morgan fingerprint density at radius 3 is 2.12 bits per heavy atom. The lowest BCUT2D eigenvalue weighted by molar-refractivity contribution is 0.102. The van der Waals surface area contributed by atoms with Crippen molar-refractivity contribution in [3.63, 3.8) is 0 Å². The van der Waals surface area contributed by atoms with Crippen LogP contribution in [0.25, 0.3) is 0 Å². The summed E-state index contributed by atoms with van der Waals surface area (Å²) in [6.07, 6.45) is 1.61. The molecule has 6 heteroatoms. The van der Waals surface area contributed by atoms with Gasteiger partial charge in [0.1, 0.15) is 22.9 Å². The summed E-state index contributed by atoms with van der Waals surface area (Å²) in [6, 6.07) is 8.81. The molecule has 0 saturated carbocycles. The van der Waals surface area contributed by atoms with E-state index in [0.29, 0.717) is 22.7 Å². The molecule has 0 fully saturated rings. The van der Waals surface area contributed by atoms with Crippen molar-refractivity contribution in [1.29, 1.82) is 0 Å². The van der Waals surface area contributed by atoms with Gasteiger partial charge < -0.3 is 20.1 Å². The molecular weight excluding hydrogens is 306 g/mol. The zero-order chi connectivity index (χ0) is 17.7. The van der Waals surface area contributed by atoms with E-state index in [2.05, 4.69) is 36.4 Å². The quantitative estimate of drug-likeness (QED) is 0.877. The van der Waals surface area contributed by atoms with E-state index in [1.807, 2.05) is 6.07 Å². The van der Waals surface area contributed by atoms with Gasteiger partial charge in [-0.05, 0) is 45.0 Å². The first-order chi connectivity index (χ1) is 11.3. The molecule has 0 unspecified atom stereocenters. The Bertz CT molecular complexity index is 684. The average Bonchev–Trinajstić information content (AvgIpc) is 2.54. The molecule has 0 bridgehead atoms. The molecule has 0 spiro atoms. The van der Waals surface area contributed by atoms with Crippen LogP contribution in [0.5, 0.6) is 11.5 Å². The third-order valence-electron chi connectivity index (χ3n) is 3.18. The highest BCUT2D eigenvalue weighted by Crippen LogP contribution is 2.29. The Morgan fingerprint density at radius 2 is 1.67 bits per heavy atom. The van der Waals surface area contributed by atoms with E-state index in [1.54, 1.807) is 30.5 Å². The third-order valence-corrected chi connectivity index (χ3v) is 3.18. The molecule has 2 N–H and O–H groups in total. The molecule has 6 nitrogen and oxygen atoms in total. The number of carbonyl (C=O) groups is 1. The molecule has 0 aliphatic rings. The van der Waals surface area contributed by atoms with Gasteiger partial charge in [0.25, 0.3) is 5.91 Å². The lowest BCUT2D eigenvalue weighted by Gasteiger charge is -2.21. The van der Waals surface area contributed by atoms with Crippen molar-refractivity contribution in [1.82, 2.24) is 4.98 Å². The van der Waals surface area contributed by atoms with Crippen molar-refractivity contribution in [2.45, 2.75) is 26.3 Å². The minimum Gasteiger partial charge on any atom is -0.496 e. The maximum absolute atomic E-state index is 12.6. The Balaban J connectivity index is 2.18. The van der Waals surface area contributed by atoms with E-state index in [-0.39, 0.29) is 11.4 Å². The van der Waals surface area contributed by atoms with Crippen molar-refractivity contribution in [3.8, 4) is 11.5 Å². The molecule has 24 heavy (non-hydrogen) atoms. The number of methoxy groups -OCH3 is 2. The summed E-state index contributed by atoms with van der Waals surface area (Å²) in [6.45, 7) is 6.16. The molecule has 0 saturated heterocycles. The molecule has 0 atom stereocenters. The molecule has 1 heterocycles. The molecular formula is C18H23N3O3.